The number of phenolic OH excluding ortho intramolecular Hbond substituents is 6. The van der Waals surface area contributed by atoms with E-state index in [-0.39, 0.29) is 69.1 Å². The first-order valence-electron chi connectivity index (χ1n) is 12.7. The molecule has 0 fully saturated rings. The van der Waals surface area contributed by atoms with Crippen LogP contribution in [0.2, 0.25) is 0 Å². The van der Waals surface area contributed by atoms with Crippen LogP contribution in [0.3, 0.4) is 0 Å². The first-order chi connectivity index (χ1) is 19.6. The Morgan fingerprint density at radius 1 is 0.659 bits per heavy atom. The van der Waals surface area contributed by atoms with Gasteiger partial charge in [0.2, 0.25) is 0 Å². The summed E-state index contributed by atoms with van der Waals surface area (Å²) in [6.45, 7) is 0. The van der Waals surface area contributed by atoms with Gasteiger partial charge in [-0.3, -0.25) is 0 Å². The molecule has 4 aromatic carbocycles. The van der Waals surface area contributed by atoms with Gasteiger partial charge in [0, 0.05) is 46.9 Å². The minimum absolute atomic E-state index is 0.0224. The van der Waals surface area contributed by atoms with Gasteiger partial charge >= 0.3 is 5.79 Å². The number of rotatable bonds is 2. The fraction of sp³-hybridized carbons (Fsp3) is 0.200. The van der Waals surface area contributed by atoms with E-state index in [0.717, 1.165) is 6.07 Å². The van der Waals surface area contributed by atoms with Crippen LogP contribution in [0.25, 0.3) is 0 Å². The van der Waals surface area contributed by atoms with Crippen molar-refractivity contribution in [3.8, 4) is 51.7 Å². The Labute approximate surface area is 231 Å². The maximum Gasteiger partial charge on any atom is 0.305 e. The molecule has 0 unspecified atom stereocenters. The maximum absolute atomic E-state index is 11.9. The molecule has 2 bridgehead atoms. The zero-order valence-corrected chi connectivity index (χ0v) is 21.1. The molecule has 0 saturated heterocycles. The summed E-state index contributed by atoms with van der Waals surface area (Å²) in [4.78, 5) is 0. The van der Waals surface area contributed by atoms with Crippen molar-refractivity contribution in [2.75, 3.05) is 0 Å². The first-order valence-corrected chi connectivity index (χ1v) is 12.7. The molecule has 0 aliphatic carbocycles. The largest absolute Gasteiger partial charge is 0.508 e. The highest BCUT2D eigenvalue weighted by Crippen LogP contribution is 2.62. The highest BCUT2D eigenvalue weighted by Gasteiger charge is 2.60. The average Bonchev–Trinajstić information content (AvgIpc) is 2.91. The third-order valence-corrected chi connectivity index (χ3v) is 7.92. The number of fused-ring (bicyclic) bond motifs is 8. The Balaban J connectivity index is 1.47. The van der Waals surface area contributed by atoms with Gasteiger partial charge in [0.15, 0.2) is 11.5 Å². The number of hydrogen-bond donors (Lipinski definition) is 8. The summed E-state index contributed by atoms with van der Waals surface area (Å²) in [5.74, 6) is -4.54. The Hall–Kier alpha value is -5.00. The standard InChI is InChI=1S/C30H24O11/c31-14-4-2-13(3-5-14)30-29(38)26(24-20(36)8-15(32)9-22(24)40-30)25-23(41-30)11-18(34)16-10-21(37)27(39-28(16)25)12-1-6-17(33)19(35)7-12/h1-9,11,21,26-27,29,31-38H,10H2/t21-,26-,27+,29-,30+/m0/s1. The number of aromatic hydroxyl groups is 6. The Bertz CT molecular complexity index is 1720. The van der Waals surface area contributed by atoms with Gasteiger partial charge < -0.3 is 55.1 Å². The molecule has 11 nitrogen and oxygen atoms in total. The van der Waals surface area contributed by atoms with Crippen LogP contribution in [0.15, 0.2) is 60.7 Å². The molecule has 0 saturated carbocycles. The van der Waals surface area contributed by atoms with Crippen molar-refractivity contribution in [3.63, 3.8) is 0 Å². The second-order valence-electron chi connectivity index (χ2n) is 10.4. The molecule has 3 heterocycles. The maximum atomic E-state index is 11.9. The third kappa shape index (κ3) is 3.52. The fourth-order valence-electron chi connectivity index (χ4n) is 6.04. The van der Waals surface area contributed by atoms with Gasteiger partial charge in [0.25, 0.3) is 0 Å². The number of benzene rings is 4. The Morgan fingerprint density at radius 2 is 1.37 bits per heavy atom. The lowest BCUT2D eigenvalue weighted by Crippen LogP contribution is -2.57. The van der Waals surface area contributed by atoms with Crippen LogP contribution in [0.1, 0.15) is 39.8 Å². The highest BCUT2D eigenvalue weighted by atomic mass is 16.7. The Morgan fingerprint density at radius 3 is 2.07 bits per heavy atom. The number of aliphatic hydroxyl groups excluding tert-OH is 2. The van der Waals surface area contributed by atoms with E-state index in [2.05, 4.69) is 0 Å². The van der Waals surface area contributed by atoms with Crippen LogP contribution < -0.4 is 14.2 Å². The molecular weight excluding hydrogens is 536 g/mol. The van der Waals surface area contributed by atoms with Crippen LogP contribution in [-0.4, -0.2) is 53.1 Å². The number of phenols is 6. The molecule has 4 aromatic rings. The molecule has 5 atom stereocenters. The van der Waals surface area contributed by atoms with E-state index in [1.54, 1.807) is 0 Å². The summed E-state index contributed by atoms with van der Waals surface area (Å²) in [5, 5.41) is 84.8. The lowest BCUT2D eigenvalue weighted by molar-refractivity contribution is -0.219. The molecule has 41 heavy (non-hydrogen) atoms. The van der Waals surface area contributed by atoms with E-state index in [1.807, 2.05) is 0 Å². The van der Waals surface area contributed by atoms with E-state index in [9.17, 15) is 40.9 Å². The molecule has 0 amide bonds. The van der Waals surface area contributed by atoms with Crippen molar-refractivity contribution >= 4 is 0 Å². The lowest BCUT2D eigenvalue weighted by Gasteiger charge is -2.50. The molecule has 0 spiro atoms. The minimum Gasteiger partial charge on any atom is -0.508 e. The zero-order chi connectivity index (χ0) is 28.8. The normalized spacial score (nSPS) is 25.5. The van der Waals surface area contributed by atoms with Crippen molar-refractivity contribution in [3.05, 3.63) is 88.5 Å². The van der Waals surface area contributed by atoms with E-state index < -0.39 is 35.8 Å². The van der Waals surface area contributed by atoms with E-state index >= 15 is 0 Å². The number of aliphatic hydroxyl groups is 2. The van der Waals surface area contributed by atoms with Crippen molar-refractivity contribution in [1.82, 2.24) is 0 Å². The summed E-state index contributed by atoms with van der Waals surface area (Å²) in [6.07, 6.45) is -3.79. The van der Waals surface area contributed by atoms with Crippen LogP contribution in [0.4, 0.5) is 0 Å². The van der Waals surface area contributed by atoms with Gasteiger partial charge in [-0.25, -0.2) is 0 Å². The Kier molecular flexibility index (Phi) is 5.18. The van der Waals surface area contributed by atoms with Gasteiger partial charge in [-0.15, -0.1) is 0 Å². The summed E-state index contributed by atoms with van der Waals surface area (Å²) < 4.78 is 18.8. The molecule has 7 rings (SSSR count). The quantitative estimate of drug-likeness (QED) is 0.168. The summed E-state index contributed by atoms with van der Waals surface area (Å²) >= 11 is 0. The first kappa shape index (κ1) is 25.0. The molecule has 11 heteroatoms. The molecule has 210 valence electrons. The molecular formula is C30H24O11. The van der Waals surface area contributed by atoms with Crippen LogP contribution in [0, 0.1) is 0 Å². The number of ether oxygens (including phenoxy) is 3. The highest BCUT2D eigenvalue weighted by molar-refractivity contribution is 5.68. The predicted molar refractivity (Wildman–Crippen MR) is 140 cm³/mol. The molecule has 8 N–H and O–H groups in total. The second kappa shape index (κ2) is 8.50. The second-order valence-corrected chi connectivity index (χ2v) is 10.4. The summed E-state index contributed by atoms with van der Waals surface area (Å²) in [5.41, 5.74) is 1.26. The van der Waals surface area contributed by atoms with E-state index in [4.69, 9.17) is 14.2 Å². The topological polar surface area (TPSA) is 190 Å². The van der Waals surface area contributed by atoms with Gasteiger partial charge in [-0.2, -0.15) is 0 Å². The van der Waals surface area contributed by atoms with Crippen LogP contribution in [-0.2, 0) is 12.2 Å². The number of hydrogen-bond acceptors (Lipinski definition) is 11. The fourth-order valence-corrected chi connectivity index (χ4v) is 6.04. The minimum atomic E-state index is -1.92. The zero-order valence-electron chi connectivity index (χ0n) is 21.1. The van der Waals surface area contributed by atoms with E-state index in [1.165, 1.54) is 54.6 Å². The van der Waals surface area contributed by atoms with Gasteiger partial charge in [-0.1, -0.05) is 6.07 Å². The lowest BCUT2D eigenvalue weighted by atomic mass is 9.74. The third-order valence-electron chi connectivity index (χ3n) is 7.92. The van der Waals surface area contributed by atoms with E-state index in [0.29, 0.717) is 11.1 Å². The molecule has 3 aliphatic heterocycles. The van der Waals surface area contributed by atoms with Crippen molar-refractivity contribution in [2.24, 2.45) is 0 Å². The van der Waals surface area contributed by atoms with Crippen LogP contribution in [0.5, 0.6) is 51.7 Å². The smallest absolute Gasteiger partial charge is 0.305 e. The molecule has 3 aliphatic rings. The van der Waals surface area contributed by atoms with Crippen molar-refractivity contribution in [1.29, 1.82) is 0 Å². The predicted octanol–water partition coefficient (Wildman–Crippen LogP) is 3.09. The van der Waals surface area contributed by atoms with Gasteiger partial charge in [0.05, 0.1) is 12.0 Å². The van der Waals surface area contributed by atoms with Crippen LogP contribution >= 0.6 is 0 Å². The molecule has 0 radical (unpaired) electrons. The van der Waals surface area contributed by atoms with Gasteiger partial charge in [0.1, 0.15) is 52.5 Å². The van der Waals surface area contributed by atoms with Gasteiger partial charge in [-0.05, 0) is 42.0 Å². The molecule has 0 aromatic heterocycles. The summed E-state index contributed by atoms with van der Waals surface area (Å²) in [7, 11) is 0. The average molecular weight is 561 g/mol. The van der Waals surface area contributed by atoms with Crippen molar-refractivity contribution in [2.45, 2.75) is 36.4 Å². The monoisotopic (exact) mass is 560 g/mol. The SMILES string of the molecule is Oc1ccc([C@@]23Oc4cc(O)cc(O)c4[C@@H](c4c(cc(O)c5c4O[C@H](c4ccc(O)c(O)c4)[C@@H](O)C5)O2)[C@@H]3O)cc1. The van der Waals surface area contributed by atoms with Crippen molar-refractivity contribution < 1.29 is 55.1 Å². The summed E-state index contributed by atoms with van der Waals surface area (Å²) in [6, 6.07) is 13.4.